The largest absolute Gasteiger partial charge is 0.315 e. The molecular formula is C21H24N4O4. The van der Waals surface area contributed by atoms with Crippen LogP contribution in [-0.2, 0) is 16.1 Å². The fraction of sp³-hybridized carbons (Fsp3) is 0.524. The van der Waals surface area contributed by atoms with E-state index in [9.17, 15) is 19.2 Å². The average molecular weight is 396 g/mol. The highest BCUT2D eigenvalue weighted by molar-refractivity contribution is 6.24. The second kappa shape index (κ2) is 6.74. The normalized spacial score (nSPS) is 27.9. The van der Waals surface area contributed by atoms with Crippen LogP contribution in [0.15, 0.2) is 18.2 Å². The molecule has 1 aromatic carbocycles. The highest BCUT2D eigenvalue weighted by Crippen LogP contribution is 2.50. The van der Waals surface area contributed by atoms with Gasteiger partial charge in [-0.1, -0.05) is 12.1 Å². The zero-order valence-electron chi connectivity index (χ0n) is 16.1. The summed E-state index contributed by atoms with van der Waals surface area (Å²) < 4.78 is 0. The molecule has 0 aromatic heterocycles. The topological polar surface area (TPSA) is 108 Å². The molecule has 152 valence electrons. The lowest BCUT2D eigenvalue weighted by molar-refractivity contribution is -0.136. The molecule has 1 spiro atoms. The van der Waals surface area contributed by atoms with Crippen molar-refractivity contribution in [3.63, 3.8) is 0 Å². The molecular weight excluding hydrogens is 372 g/mol. The van der Waals surface area contributed by atoms with Crippen LogP contribution >= 0.6 is 0 Å². The van der Waals surface area contributed by atoms with Gasteiger partial charge < -0.3 is 10.6 Å². The number of fused-ring (bicyclic) bond motifs is 1. The van der Waals surface area contributed by atoms with Crippen molar-refractivity contribution in [1.29, 1.82) is 0 Å². The molecule has 0 radical (unpaired) electrons. The molecule has 3 heterocycles. The van der Waals surface area contributed by atoms with Gasteiger partial charge in [0.15, 0.2) is 0 Å². The second-order valence-electron chi connectivity index (χ2n) is 8.70. The van der Waals surface area contributed by atoms with Crippen molar-refractivity contribution in [2.24, 2.45) is 5.41 Å². The zero-order valence-corrected chi connectivity index (χ0v) is 16.1. The van der Waals surface area contributed by atoms with Crippen molar-refractivity contribution in [3.8, 4) is 0 Å². The van der Waals surface area contributed by atoms with Crippen LogP contribution in [-0.4, -0.2) is 53.7 Å². The molecule has 2 atom stereocenters. The van der Waals surface area contributed by atoms with E-state index in [2.05, 4.69) is 16.0 Å². The van der Waals surface area contributed by atoms with Gasteiger partial charge in [-0.2, -0.15) is 0 Å². The summed E-state index contributed by atoms with van der Waals surface area (Å²) in [5.74, 6) is -1.87. The second-order valence-corrected chi connectivity index (χ2v) is 8.70. The van der Waals surface area contributed by atoms with Crippen molar-refractivity contribution in [2.75, 3.05) is 13.1 Å². The molecule has 29 heavy (non-hydrogen) atoms. The van der Waals surface area contributed by atoms with Crippen molar-refractivity contribution >= 4 is 23.6 Å². The summed E-state index contributed by atoms with van der Waals surface area (Å²) in [5, 5.41) is 9.25. The Labute approximate surface area is 168 Å². The molecule has 2 unspecified atom stereocenters. The number of amides is 4. The lowest BCUT2D eigenvalue weighted by atomic mass is 9.92. The van der Waals surface area contributed by atoms with Gasteiger partial charge in [0.1, 0.15) is 6.04 Å². The molecule has 4 aliphatic rings. The first-order valence-electron chi connectivity index (χ1n) is 10.3. The summed E-state index contributed by atoms with van der Waals surface area (Å²) in [7, 11) is 0. The number of carbonyl (C=O) groups is 4. The molecule has 1 aliphatic carbocycles. The standard InChI is InChI=1S/C21H24N4O4/c26-16-5-4-15(18(27)24-16)25-19(28)14-3-1-2-12(17(14)20(25)29)9-23-13-8-21(6-7-21)11-22-10-13/h1-3,13,15,22-23H,4-11H2,(H,24,26,27). The number of imide groups is 2. The first-order valence-corrected chi connectivity index (χ1v) is 10.3. The third kappa shape index (κ3) is 3.16. The predicted octanol–water partition coefficient (Wildman–Crippen LogP) is 0.320. The van der Waals surface area contributed by atoms with Crippen molar-refractivity contribution < 1.29 is 19.2 Å². The fourth-order valence-corrected chi connectivity index (χ4v) is 4.87. The van der Waals surface area contributed by atoms with Gasteiger partial charge >= 0.3 is 0 Å². The van der Waals surface area contributed by atoms with Gasteiger partial charge in [0.05, 0.1) is 11.1 Å². The van der Waals surface area contributed by atoms with E-state index in [0.717, 1.165) is 30.0 Å². The summed E-state index contributed by atoms with van der Waals surface area (Å²) in [6.07, 6.45) is 3.96. The van der Waals surface area contributed by atoms with Crippen LogP contribution in [0.3, 0.4) is 0 Å². The zero-order chi connectivity index (χ0) is 20.2. The first kappa shape index (κ1) is 18.4. The summed E-state index contributed by atoms with van der Waals surface area (Å²) in [6, 6.07) is 4.66. The Balaban J connectivity index is 1.35. The molecule has 2 saturated heterocycles. The van der Waals surface area contributed by atoms with Crippen LogP contribution in [0, 0.1) is 5.41 Å². The van der Waals surface area contributed by atoms with Gasteiger partial charge in [0.2, 0.25) is 11.8 Å². The van der Waals surface area contributed by atoms with E-state index in [1.807, 2.05) is 6.07 Å². The predicted molar refractivity (Wildman–Crippen MR) is 103 cm³/mol. The summed E-state index contributed by atoms with van der Waals surface area (Å²) in [6.45, 7) is 2.47. The van der Waals surface area contributed by atoms with Crippen LogP contribution in [0.5, 0.6) is 0 Å². The number of piperidine rings is 2. The third-order valence-electron chi connectivity index (χ3n) is 6.66. The van der Waals surface area contributed by atoms with E-state index >= 15 is 0 Å². The van der Waals surface area contributed by atoms with Gasteiger partial charge in [-0.3, -0.25) is 29.4 Å². The first-order chi connectivity index (χ1) is 14.0. The van der Waals surface area contributed by atoms with Crippen LogP contribution in [0.2, 0.25) is 0 Å². The Morgan fingerprint density at radius 1 is 1.14 bits per heavy atom. The lowest BCUT2D eigenvalue weighted by Crippen LogP contribution is -2.54. The number of rotatable bonds is 4. The van der Waals surface area contributed by atoms with Gasteiger partial charge in [0.25, 0.3) is 11.8 Å². The minimum absolute atomic E-state index is 0.120. The third-order valence-corrected chi connectivity index (χ3v) is 6.66. The number of benzene rings is 1. The quantitative estimate of drug-likeness (QED) is 0.633. The average Bonchev–Trinajstić information content (AvgIpc) is 3.39. The van der Waals surface area contributed by atoms with Crippen molar-refractivity contribution in [1.82, 2.24) is 20.9 Å². The Morgan fingerprint density at radius 2 is 1.97 bits per heavy atom. The molecule has 8 heteroatoms. The van der Waals surface area contributed by atoms with Crippen LogP contribution < -0.4 is 16.0 Å². The van der Waals surface area contributed by atoms with E-state index in [1.54, 1.807) is 12.1 Å². The lowest BCUT2D eigenvalue weighted by Gasteiger charge is -2.31. The van der Waals surface area contributed by atoms with Crippen molar-refractivity contribution in [2.45, 2.75) is 50.7 Å². The van der Waals surface area contributed by atoms with Gasteiger partial charge in [0, 0.05) is 32.1 Å². The van der Waals surface area contributed by atoms with E-state index < -0.39 is 23.8 Å². The minimum atomic E-state index is -0.932. The maximum atomic E-state index is 13.1. The monoisotopic (exact) mass is 396 g/mol. The van der Waals surface area contributed by atoms with Gasteiger partial charge in [-0.25, -0.2) is 0 Å². The summed E-state index contributed by atoms with van der Waals surface area (Å²) >= 11 is 0. The van der Waals surface area contributed by atoms with E-state index in [1.165, 1.54) is 12.8 Å². The molecule has 8 nitrogen and oxygen atoms in total. The number of hydrogen-bond donors (Lipinski definition) is 3. The van der Waals surface area contributed by atoms with Crippen LogP contribution in [0.4, 0.5) is 0 Å². The summed E-state index contributed by atoms with van der Waals surface area (Å²) in [5.41, 5.74) is 1.92. The molecule has 1 aromatic rings. The maximum Gasteiger partial charge on any atom is 0.262 e. The molecule has 3 N–H and O–H groups in total. The van der Waals surface area contributed by atoms with E-state index in [4.69, 9.17) is 0 Å². The highest BCUT2D eigenvalue weighted by Gasteiger charge is 2.47. The number of nitrogens with zero attached hydrogens (tertiary/aromatic N) is 1. The Morgan fingerprint density at radius 3 is 2.72 bits per heavy atom. The molecule has 4 amide bonds. The van der Waals surface area contributed by atoms with Gasteiger partial charge in [-0.15, -0.1) is 0 Å². The van der Waals surface area contributed by atoms with Crippen LogP contribution in [0.1, 0.15) is 58.4 Å². The minimum Gasteiger partial charge on any atom is -0.315 e. The fourth-order valence-electron chi connectivity index (χ4n) is 4.87. The Kier molecular flexibility index (Phi) is 4.29. The highest BCUT2D eigenvalue weighted by atomic mass is 16.2. The number of nitrogens with one attached hydrogen (secondary N) is 3. The van der Waals surface area contributed by atoms with E-state index in [0.29, 0.717) is 29.1 Å². The molecule has 0 bridgehead atoms. The molecule has 3 aliphatic heterocycles. The van der Waals surface area contributed by atoms with Gasteiger partial charge in [-0.05, 0) is 42.7 Å². The molecule has 1 saturated carbocycles. The Hall–Kier alpha value is -2.58. The molecule has 5 rings (SSSR count). The van der Waals surface area contributed by atoms with Crippen LogP contribution in [0.25, 0.3) is 0 Å². The smallest absolute Gasteiger partial charge is 0.262 e. The van der Waals surface area contributed by atoms with E-state index in [-0.39, 0.29) is 18.7 Å². The summed E-state index contributed by atoms with van der Waals surface area (Å²) in [4.78, 5) is 50.7. The maximum absolute atomic E-state index is 13.1. The molecule has 3 fully saturated rings. The SMILES string of the molecule is O=C1CCC(N2C(=O)c3cccc(CNC4CNCC5(CC5)C4)c3C2=O)C(=O)N1. The number of hydrogen-bond acceptors (Lipinski definition) is 6. The Bertz CT molecular complexity index is 923. The number of carbonyl (C=O) groups excluding carboxylic acids is 4. The van der Waals surface area contributed by atoms with Crippen molar-refractivity contribution in [3.05, 3.63) is 34.9 Å².